The van der Waals surface area contributed by atoms with E-state index in [-0.39, 0.29) is 30.5 Å². The fourth-order valence-electron chi connectivity index (χ4n) is 1.86. The van der Waals surface area contributed by atoms with E-state index < -0.39 is 16.0 Å². The smallest absolute Gasteiger partial charge is 0.321 e. The molecule has 1 aromatic rings. The summed E-state index contributed by atoms with van der Waals surface area (Å²) in [4.78, 5) is 11.7. The van der Waals surface area contributed by atoms with Crippen molar-refractivity contribution in [3.63, 3.8) is 0 Å². The number of nitriles is 1. The second kappa shape index (κ2) is 7.92. The molecule has 6 nitrogen and oxygen atoms in total. The first kappa shape index (κ1) is 18.1. The van der Waals surface area contributed by atoms with Gasteiger partial charge in [-0.2, -0.15) is 9.57 Å². The molecule has 0 atom stereocenters. The van der Waals surface area contributed by atoms with Gasteiger partial charge in [0, 0.05) is 6.54 Å². The largest absolute Gasteiger partial charge is 0.465 e. The molecule has 0 aliphatic rings. The zero-order valence-electron chi connectivity index (χ0n) is 12.9. The van der Waals surface area contributed by atoms with Crippen LogP contribution >= 0.6 is 0 Å². The average molecular weight is 324 g/mol. The lowest BCUT2D eigenvalue weighted by atomic mass is 10.2. The van der Waals surface area contributed by atoms with Gasteiger partial charge in [0.2, 0.25) is 10.0 Å². The van der Waals surface area contributed by atoms with E-state index in [2.05, 4.69) is 0 Å². The monoisotopic (exact) mass is 324 g/mol. The van der Waals surface area contributed by atoms with E-state index in [0.717, 1.165) is 4.31 Å². The summed E-state index contributed by atoms with van der Waals surface area (Å²) in [5, 5.41) is 8.77. The Morgan fingerprint density at radius 3 is 2.36 bits per heavy atom. The minimum Gasteiger partial charge on any atom is -0.465 e. The van der Waals surface area contributed by atoms with Crippen LogP contribution in [0.1, 0.15) is 26.3 Å². The van der Waals surface area contributed by atoms with Crippen molar-refractivity contribution in [2.24, 2.45) is 5.92 Å². The predicted molar refractivity (Wildman–Crippen MR) is 81.4 cm³/mol. The Kier molecular flexibility index (Phi) is 6.53. The van der Waals surface area contributed by atoms with Crippen LogP contribution in [-0.2, 0) is 19.6 Å². The highest BCUT2D eigenvalue weighted by atomic mass is 32.2. The van der Waals surface area contributed by atoms with Crippen molar-refractivity contribution in [3.8, 4) is 6.07 Å². The van der Waals surface area contributed by atoms with Crippen LogP contribution < -0.4 is 0 Å². The molecule has 0 heterocycles. The quantitative estimate of drug-likeness (QED) is 0.713. The van der Waals surface area contributed by atoms with Gasteiger partial charge < -0.3 is 4.74 Å². The van der Waals surface area contributed by atoms with E-state index in [1.54, 1.807) is 6.92 Å². The zero-order chi connectivity index (χ0) is 16.8. The van der Waals surface area contributed by atoms with Crippen LogP contribution in [0.5, 0.6) is 0 Å². The lowest BCUT2D eigenvalue weighted by molar-refractivity contribution is -0.143. The van der Waals surface area contributed by atoms with Gasteiger partial charge >= 0.3 is 5.97 Å². The van der Waals surface area contributed by atoms with Crippen LogP contribution in [0, 0.1) is 17.2 Å². The summed E-state index contributed by atoms with van der Waals surface area (Å²) in [6.45, 7) is 5.49. The summed E-state index contributed by atoms with van der Waals surface area (Å²) in [7, 11) is -3.81. The lowest BCUT2D eigenvalue weighted by Crippen LogP contribution is -2.38. The zero-order valence-corrected chi connectivity index (χ0v) is 13.8. The van der Waals surface area contributed by atoms with Crippen molar-refractivity contribution >= 4 is 16.0 Å². The van der Waals surface area contributed by atoms with Gasteiger partial charge in [-0.05, 0) is 37.1 Å². The number of ether oxygens (including phenoxy) is 1. The molecular weight excluding hydrogens is 304 g/mol. The van der Waals surface area contributed by atoms with Crippen LogP contribution in [0.25, 0.3) is 0 Å². The van der Waals surface area contributed by atoms with Crippen molar-refractivity contribution < 1.29 is 17.9 Å². The van der Waals surface area contributed by atoms with E-state index in [1.807, 2.05) is 19.9 Å². The fourth-order valence-corrected chi connectivity index (χ4v) is 3.40. The summed E-state index contributed by atoms with van der Waals surface area (Å²) >= 11 is 0. The SMILES string of the molecule is CCOC(=O)CN(CC(C)C)S(=O)(=O)c1ccc(C#N)cc1. The maximum Gasteiger partial charge on any atom is 0.321 e. The highest BCUT2D eigenvalue weighted by Crippen LogP contribution is 2.18. The highest BCUT2D eigenvalue weighted by molar-refractivity contribution is 7.89. The van der Waals surface area contributed by atoms with Gasteiger partial charge in [-0.25, -0.2) is 8.42 Å². The molecule has 22 heavy (non-hydrogen) atoms. The number of sulfonamides is 1. The molecule has 120 valence electrons. The minimum atomic E-state index is -3.81. The third-order valence-electron chi connectivity index (χ3n) is 2.80. The Labute approximate surface area is 131 Å². The summed E-state index contributed by atoms with van der Waals surface area (Å²) < 4.78 is 31.2. The third kappa shape index (κ3) is 4.83. The molecule has 0 radical (unpaired) electrons. The van der Waals surface area contributed by atoms with Gasteiger partial charge in [-0.1, -0.05) is 13.8 Å². The lowest BCUT2D eigenvalue weighted by Gasteiger charge is -2.23. The van der Waals surface area contributed by atoms with Crippen molar-refractivity contribution in [2.75, 3.05) is 19.7 Å². The molecular formula is C15H20N2O4S. The standard InChI is InChI=1S/C15H20N2O4S/c1-4-21-15(18)11-17(10-12(2)3)22(19,20)14-7-5-13(9-16)6-8-14/h5-8,12H,4,10-11H2,1-3H3. The normalized spacial score (nSPS) is 11.5. The summed E-state index contributed by atoms with van der Waals surface area (Å²) in [6, 6.07) is 7.54. The molecule has 0 aromatic heterocycles. The second-order valence-electron chi connectivity index (χ2n) is 5.13. The van der Waals surface area contributed by atoms with Crippen molar-refractivity contribution in [1.82, 2.24) is 4.31 Å². The molecule has 7 heteroatoms. The number of carbonyl (C=O) groups is 1. The van der Waals surface area contributed by atoms with Gasteiger partial charge in [0.25, 0.3) is 0 Å². The Morgan fingerprint density at radius 1 is 1.32 bits per heavy atom. The van der Waals surface area contributed by atoms with Gasteiger partial charge in [0.1, 0.15) is 6.54 Å². The Bertz CT molecular complexity index is 645. The van der Waals surface area contributed by atoms with E-state index in [4.69, 9.17) is 10.00 Å². The molecule has 0 amide bonds. The van der Waals surface area contributed by atoms with Crippen LogP contribution in [-0.4, -0.2) is 38.4 Å². The van der Waals surface area contributed by atoms with Crippen molar-refractivity contribution in [3.05, 3.63) is 29.8 Å². The number of hydrogen-bond donors (Lipinski definition) is 0. The molecule has 1 rings (SSSR count). The summed E-state index contributed by atoms with van der Waals surface area (Å²) in [6.07, 6.45) is 0. The van der Waals surface area contributed by atoms with E-state index in [9.17, 15) is 13.2 Å². The first-order valence-corrected chi connectivity index (χ1v) is 8.41. The molecule has 0 spiro atoms. The molecule has 0 fully saturated rings. The van der Waals surface area contributed by atoms with E-state index >= 15 is 0 Å². The fraction of sp³-hybridized carbons (Fsp3) is 0.467. The van der Waals surface area contributed by atoms with Crippen LogP contribution in [0.2, 0.25) is 0 Å². The van der Waals surface area contributed by atoms with Crippen LogP contribution in [0.3, 0.4) is 0 Å². The predicted octanol–water partition coefficient (Wildman–Crippen LogP) is 1.77. The first-order valence-electron chi connectivity index (χ1n) is 6.97. The van der Waals surface area contributed by atoms with Gasteiger partial charge in [0.05, 0.1) is 23.1 Å². The summed E-state index contributed by atoms with van der Waals surface area (Å²) in [5.74, 6) is -0.525. The number of rotatable bonds is 7. The van der Waals surface area contributed by atoms with Crippen LogP contribution in [0.4, 0.5) is 0 Å². The molecule has 0 unspecified atom stereocenters. The van der Waals surface area contributed by atoms with E-state index in [0.29, 0.717) is 5.56 Å². The molecule has 0 N–H and O–H groups in total. The van der Waals surface area contributed by atoms with Gasteiger partial charge in [0.15, 0.2) is 0 Å². The average Bonchev–Trinajstić information content (AvgIpc) is 2.46. The number of benzene rings is 1. The van der Waals surface area contributed by atoms with Crippen molar-refractivity contribution in [1.29, 1.82) is 5.26 Å². The van der Waals surface area contributed by atoms with Crippen molar-refractivity contribution in [2.45, 2.75) is 25.7 Å². The van der Waals surface area contributed by atoms with Gasteiger partial charge in [-0.15, -0.1) is 0 Å². The first-order chi connectivity index (χ1) is 10.3. The molecule has 0 bridgehead atoms. The molecule has 0 saturated heterocycles. The maximum absolute atomic E-state index is 12.6. The topological polar surface area (TPSA) is 87.5 Å². The van der Waals surface area contributed by atoms with E-state index in [1.165, 1.54) is 24.3 Å². The Balaban J connectivity index is 3.08. The number of esters is 1. The summed E-state index contributed by atoms with van der Waals surface area (Å²) in [5.41, 5.74) is 0.375. The number of carbonyl (C=O) groups excluding carboxylic acids is 1. The molecule has 0 aliphatic heterocycles. The highest BCUT2D eigenvalue weighted by Gasteiger charge is 2.27. The molecule has 1 aromatic carbocycles. The Morgan fingerprint density at radius 2 is 1.91 bits per heavy atom. The number of nitrogens with zero attached hydrogens (tertiary/aromatic N) is 2. The third-order valence-corrected chi connectivity index (χ3v) is 4.63. The maximum atomic E-state index is 12.6. The van der Waals surface area contributed by atoms with Gasteiger partial charge in [-0.3, -0.25) is 4.79 Å². The minimum absolute atomic E-state index is 0.0523. The second-order valence-corrected chi connectivity index (χ2v) is 7.07. The molecule has 0 saturated carbocycles. The molecule has 0 aliphatic carbocycles. The van der Waals surface area contributed by atoms with Crippen LogP contribution in [0.15, 0.2) is 29.2 Å². The Hall–Kier alpha value is -1.91. The number of hydrogen-bond acceptors (Lipinski definition) is 5.